The van der Waals surface area contributed by atoms with Crippen LogP contribution in [0.2, 0.25) is 0 Å². The molecule has 1 fully saturated rings. The first-order valence-corrected chi connectivity index (χ1v) is 13.9. The number of nitrogens with zero attached hydrogens (tertiary/aromatic N) is 1. The average molecular weight is 592 g/mol. The zero-order valence-electron chi connectivity index (χ0n) is 21.9. The zero-order valence-corrected chi connectivity index (χ0v) is 24.2. The normalized spacial score (nSPS) is 21.6. The quantitative estimate of drug-likeness (QED) is 0.295. The number of aliphatic hydroxyl groups excluding tert-OH is 1. The molecular weight excluding hydrogens is 559 g/mol. The van der Waals surface area contributed by atoms with E-state index in [9.17, 15) is 9.90 Å². The van der Waals surface area contributed by atoms with Crippen molar-refractivity contribution < 1.29 is 19.4 Å². The number of nitrogens with one attached hydrogen (secondary N) is 1. The molecule has 4 atom stereocenters. The lowest BCUT2D eigenvalue weighted by Crippen LogP contribution is -2.43. The summed E-state index contributed by atoms with van der Waals surface area (Å²) in [6.45, 7) is 3.90. The van der Waals surface area contributed by atoms with Gasteiger partial charge in [-0.25, -0.2) is 0 Å². The van der Waals surface area contributed by atoms with E-state index in [1.807, 2.05) is 66.7 Å². The molecule has 0 radical (unpaired) electrons. The van der Waals surface area contributed by atoms with Gasteiger partial charge in [0.15, 0.2) is 6.29 Å². The molecule has 1 aliphatic rings. The van der Waals surface area contributed by atoms with Crippen LogP contribution in [-0.2, 0) is 34.0 Å². The fraction of sp³-hybridized carbons (Fsp3) is 0.367. The molecule has 2 N–H and O–H groups in total. The van der Waals surface area contributed by atoms with Crippen molar-refractivity contribution >= 4 is 40.7 Å². The lowest BCUT2D eigenvalue weighted by Gasteiger charge is -2.42. The summed E-state index contributed by atoms with van der Waals surface area (Å²) in [5.41, 5.74) is 4.85. The fourth-order valence-corrected chi connectivity index (χ4v) is 4.87. The van der Waals surface area contributed by atoms with Crippen molar-refractivity contribution in [2.24, 2.45) is 5.92 Å². The number of likely N-dealkylation sites (N-methyl/N-ethyl adjacent to an activating group) is 1. The third kappa shape index (κ3) is 8.18. The van der Waals surface area contributed by atoms with E-state index < -0.39 is 16.0 Å². The molecule has 0 aliphatic carbocycles. The zero-order chi connectivity index (χ0) is 28.0. The summed E-state index contributed by atoms with van der Waals surface area (Å²) in [6.07, 6.45) is -0.873. The Morgan fingerprint density at radius 3 is 2.13 bits per heavy atom. The highest BCUT2D eigenvalue weighted by Crippen LogP contribution is 2.42. The molecule has 1 amide bonds. The Labute approximate surface area is 244 Å². The lowest BCUT2D eigenvalue weighted by atomic mass is 9.90. The topological polar surface area (TPSA) is 71.0 Å². The molecule has 0 bridgehead atoms. The van der Waals surface area contributed by atoms with E-state index in [1.165, 1.54) is 5.56 Å². The number of halogens is 3. The largest absolute Gasteiger partial charge is 0.392 e. The van der Waals surface area contributed by atoms with Crippen LogP contribution in [0.25, 0.3) is 0 Å². The Morgan fingerprint density at radius 1 is 0.897 bits per heavy atom. The molecule has 9 heteroatoms. The molecular formula is C30H33Cl3N2O4. The first-order valence-electron chi connectivity index (χ1n) is 12.8. The first kappa shape index (κ1) is 29.8. The van der Waals surface area contributed by atoms with E-state index in [1.54, 1.807) is 0 Å². The van der Waals surface area contributed by atoms with Gasteiger partial charge in [0.05, 0.1) is 18.8 Å². The molecule has 1 aliphatic heterocycles. The van der Waals surface area contributed by atoms with E-state index in [-0.39, 0.29) is 31.3 Å². The number of aliphatic hydroxyl groups is 1. The van der Waals surface area contributed by atoms with Crippen molar-refractivity contribution in [3.63, 3.8) is 0 Å². The van der Waals surface area contributed by atoms with Crippen LogP contribution in [0.4, 0.5) is 0 Å². The number of amides is 1. The number of alkyl halides is 3. The predicted octanol–water partition coefficient (Wildman–Crippen LogP) is 6.09. The van der Waals surface area contributed by atoms with E-state index in [0.717, 1.165) is 35.3 Å². The molecule has 0 spiro atoms. The summed E-state index contributed by atoms with van der Waals surface area (Å²) in [5, 5.41) is 12.1. The van der Waals surface area contributed by atoms with Crippen LogP contribution >= 0.6 is 34.8 Å². The van der Waals surface area contributed by atoms with Gasteiger partial charge in [-0.15, -0.1) is 0 Å². The molecule has 0 aromatic heterocycles. The fourth-order valence-electron chi connectivity index (χ4n) is 4.67. The third-order valence-corrected chi connectivity index (χ3v) is 7.39. The van der Waals surface area contributed by atoms with Crippen LogP contribution < -0.4 is 5.32 Å². The Morgan fingerprint density at radius 2 is 1.51 bits per heavy atom. The maximum absolute atomic E-state index is 11.9. The molecule has 1 saturated heterocycles. The Hall–Kier alpha value is -2.16. The molecule has 208 valence electrons. The van der Waals surface area contributed by atoms with Gasteiger partial charge in [0.25, 0.3) is 9.70 Å². The average Bonchev–Trinajstić information content (AvgIpc) is 2.93. The van der Waals surface area contributed by atoms with Gasteiger partial charge in [-0.1, -0.05) is 121 Å². The van der Waals surface area contributed by atoms with E-state index >= 15 is 0 Å². The Bertz CT molecular complexity index is 1200. The smallest absolute Gasteiger partial charge is 0.272 e. The van der Waals surface area contributed by atoms with Crippen LogP contribution in [0.15, 0.2) is 78.9 Å². The van der Waals surface area contributed by atoms with Gasteiger partial charge in [0.1, 0.15) is 0 Å². The molecule has 0 unspecified atom stereocenters. The summed E-state index contributed by atoms with van der Waals surface area (Å²) in [7, 11) is 2.10. The minimum absolute atomic E-state index is 0.00549. The van der Waals surface area contributed by atoms with Crippen LogP contribution in [-0.4, -0.2) is 39.4 Å². The van der Waals surface area contributed by atoms with Crippen LogP contribution in [0.3, 0.4) is 0 Å². The maximum Gasteiger partial charge on any atom is 0.272 e. The van der Waals surface area contributed by atoms with Crippen molar-refractivity contribution in [1.82, 2.24) is 10.2 Å². The van der Waals surface area contributed by atoms with Gasteiger partial charge < -0.3 is 19.9 Å². The number of rotatable bonds is 9. The number of hydrogen-bond acceptors (Lipinski definition) is 5. The minimum atomic E-state index is -2.01. The first-order chi connectivity index (χ1) is 18.6. The second-order valence-electron chi connectivity index (χ2n) is 9.93. The number of carbonyl (C=O) groups is 1. The summed E-state index contributed by atoms with van der Waals surface area (Å²) in [6, 6.07) is 25.9. The lowest BCUT2D eigenvalue weighted by molar-refractivity contribution is -0.276. The molecule has 6 nitrogen and oxygen atoms in total. The molecule has 0 saturated carbocycles. The number of benzene rings is 3. The number of carbonyl (C=O) groups excluding carboxylic acids is 1. The van der Waals surface area contributed by atoms with Crippen molar-refractivity contribution in [3.05, 3.63) is 107 Å². The van der Waals surface area contributed by atoms with Crippen molar-refractivity contribution in [1.29, 1.82) is 0 Å². The molecule has 1 heterocycles. The summed E-state index contributed by atoms with van der Waals surface area (Å²) >= 11 is 16.9. The van der Waals surface area contributed by atoms with Gasteiger partial charge in [0, 0.05) is 31.1 Å². The Kier molecular flexibility index (Phi) is 10.3. The van der Waals surface area contributed by atoms with Gasteiger partial charge >= 0.3 is 0 Å². The van der Waals surface area contributed by atoms with E-state index in [4.69, 9.17) is 44.3 Å². The highest BCUT2D eigenvalue weighted by Gasteiger charge is 2.39. The highest BCUT2D eigenvalue weighted by molar-refractivity contribution is 6.76. The predicted molar refractivity (Wildman–Crippen MR) is 154 cm³/mol. The number of ether oxygens (including phenoxy) is 2. The third-order valence-electron chi connectivity index (χ3n) is 6.87. The summed E-state index contributed by atoms with van der Waals surface area (Å²) in [4.78, 5) is 14.1. The van der Waals surface area contributed by atoms with Crippen LogP contribution in [0.1, 0.15) is 47.1 Å². The molecule has 3 aromatic carbocycles. The summed E-state index contributed by atoms with van der Waals surface area (Å²) in [5.74, 6) is -0.599. The second-order valence-corrected chi connectivity index (χ2v) is 12.2. The van der Waals surface area contributed by atoms with Crippen molar-refractivity contribution in [2.45, 2.75) is 48.9 Å². The van der Waals surface area contributed by atoms with Crippen molar-refractivity contribution in [2.75, 3.05) is 13.6 Å². The monoisotopic (exact) mass is 590 g/mol. The van der Waals surface area contributed by atoms with E-state index in [2.05, 4.69) is 36.3 Å². The Balaban J connectivity index is 1.51. The molecule has 3 aromatic rings. The standard InChI is InChI=1S/C30H33Cl3N2O4/c1-20-26(18-35(2)17-22-6-4-3-5-7-22)38-28(39-27(20)24-12-10-23(19-36)11-13-24)25-14-8-21(9-15-25)16-34-29(37)30(31,32)33/h3-15,20,26-28,36H,16-19H2,1-2H3,(H,34,37)/t20-,26+,27+,28+/m1/s1. The van der Waals surface area contributed by atoms with Gasteiger partial charge in [0.2, 0.25) is 0 Å². The van der Waals surface area contributed by atoms with Gasteiger partial charge in [-0.3, -0.25) is 9.69 Å². The molecule has 39 heavy (non-hydrogen) atoms. The highest BCUT2D eigenvalue weighted by atomic mass is 35.6. The van der Waals surface area contributed by atoms with Crippen LogP contribution in [0.5, 0.6) is 0 Å². The van der Waals surface area contributed by atoms with Crippen LogP contribution in [0, 0.1) is 5.92 Å². The van der Waals surface area contributed by atoms with Gasteiger partial charge in [-0.05, 0) is 29.3 Å². The minimum Gasteiger partial charge on any atom is -0.392 e. The summed E-state index contributed by atoms with van der Waals surface area (Å²) < 4.78 is 11.1. The molecule has 4 rings (SSSR count). The van der Waals surface area contributed by atoms with Crippen molar-refractivity contribution in [3.8, 4) is 0 Å². The van der Waals surface area contributed by atoms with E-state index in [0.29, 0.717) is 0 Å². The SMILES string of the molecule is C[C@@H]1[C@H](CN(C)Cc2ccccc2)O[C@H](c2ccc(CNC(=O)C(Cl)(Cl)Cl)cc2)O[C@@H]1c1ccc(CO)cc1. The number of hydrogen-bond donors (Lipinski definition) is 2. The second kappa shape index (κ2) is 13.5. The maximum atomic E-state index is 11.9. The van der Waals surface area contributed by atoms with Gasteiger partial charge in [-0.2, -0.15) is 0 Å².